The number of hydrogen-bond acceptors (Lipinski definition) is 5. The van der Waals surface area contributed by atoms with Crippen LogP contribution in [-0.4, -0.2) is 36.4 Å². The number of esters is 2. The van der Waals surface area contributed by atoms with E-state index in [9.17, 15) is 14.7 Å². The third-order valence-electron chi connectivity index (χ3n) is 8.67. The van der Waals surface area contributed by atoms with E-state index in [4.69, 9.17) is 9.47 Å². The average Bonchev–Trinajstić information content (AvgIpc) is 3.15. The number of ether oxygens (including phenoxy) is 2. The van der Waals surface area contributed by atoms with Crippen molar-refractivity contribution >= 4 is 11.9 Å². The second-order valence-electron chi connectivity index (χ2n) is 13.7. The van der Waals surface area contributed by atoms with Crippen LogP contribution in [-0.2, 0) is 19.1 Å². The van der Waals surface area contributed by atoms with Crippen molar-refractivity contribution in [3.8, 4) is 0 Å². The van der Waals surface area contributed by atoms with E-state index in [1.807, 2.05) is 0 Å². The summed E-state index contributed by atoms with van der Waals surface area (Å²) >= 11 is 0. The molecule has 0 aromatic rings. The van der Waals surface area contributed by atoms with Gasteiger partial charge in [0.15, 0.2) is 6.10 Å². The molecule has 0 fully saturated rings. The third-order valence-corrected chi connectivity index (χ3v) is 8.67. The van der Waals surface area contributed by atoms with Gasteiger partial charge >= 0.3 is 11.9 Å². The van der Waals surface area contributed by atoms with Crippen LogP contribution in [0.2, 0.25) is 0 Å². The van der Waals surface area contributed by atoms with Gasteiger partial charge in [-0.05, 0) is 89.9 Å². The lowest BCUT2D eigenvalue weighted by atomic mass is 10.1. The lowest BCUT2D eigenvalue weighted by Gasteiger charge is -2.15. The molecule has 0 saturated carbocycles. The van der Waals surface area contributed by atoms with E-state index in [2.05, 4.69) is 98.9 Å². The van der Waals surface area contributed by atoms with Crippen molar-refractivity contribution in [3.05, 3.63) is 85.1 Å². The van der Waals surface area contributed by atoms with Gasteiger partial charge in [-0.1, -0.05) is 163 Å². The normalized spacial score (nSPS) is 13.1. The van der Waals surface area contributed by atoms with Crippen molar-refractivity contribution in [1.82, 2.24) is 0 Å². The smallest absolute Gasteiger partial charge is 0.306 e. The fourth-order valence-corrected chi connectivity index (χ4v) is 5.49. The van der Waals surface area contributed by atoms with E-state index < -0.39 is 6.10 Å². The second-order valence-corrected chi connectivity index (χ2v) is 13.7. The van der Waals surface area contributed by atoms with Gasteiger partial charge in [0.25, 0.3) is 0 Å². The quantitative estimate of drug-likeness (QED) is 0.0393. The molecule has 1 unspecified atom stereocenters. The van der Waals surface area contributed by atoms with Gasteiger partial charge in [0.05, 0.1) is 6.61 Å². The van der Waals surface area contributed by atoms with E-state index in [-0.39, 0.29) is 25.2 Å². The van der Waals surface area contributed by atoms with E-state index >= 15 is 0 Å². The van der Waals surface area contributed by atoms with Crippen molar-refractivity contribution < 1.29 is 24.2 Å². The van der Waals surface area contributed by atoms with Gasteiger partial charge in [0.1, 0.15) is 6.61 Å². The van der Waals surface area contributed by atoms with Crippen LogP contribution in [0.15, 0.2) is 85.1 Å². The Hall–Kier alpha value is -2.92. The molecule has 52 heavy (non-hydrogen) atoms. The minimum Gasteiger partial charge on any atom is -0.462 e. The Balaban J connectivity index is 3.64. The van der Waals surface area contributed by atoms with Gasteiger partial charge < -0.3 is 14.6 Å². The van der Waals surface area contributed by atoms with Gasteiger partial charge in [-0.2, -0.15) is 0 Å². The zero-order valence-electron chi connectivity index (χ0n) is 33.5. The number of allylic oxidation sites excluding steroid dienone is 14. The molecular formula is C47H78O5. The molecule has 0 saturated heterocycles. The van der Waals surface area contributed by atoms with Crippen LogP contribution in [0, 0.1) is 0 Å². The summed E-state index contributed by atoms with van der Waals surface area (Å²) in [5, 5.41) is 9.57. The summed E-state index contributed by atoms with van der Waals surface area (Å²) in [6.07, 6.45) is 57.9. The molecule has 0 aliphatic rings. The fourth-order valence-electron chi connectivity index (χ4n) is 5.49. The number of carbonyl (C=O) groups is 2. The molecule has 5 heteroatoms. The standard InChI is InChI=1S/C47H78O5/c1-3-5-7-9-11-13-15-17-19-21-23-25-27-29-31-33-35-37-39-41-46(49)51-44-45(43-48)52-47(50)42-40-38-36-34-32-30-28-26-24-22-20-18-16-14-12-10-8-6-4-2/h6,8,11-14,17-20,24,26,30,32,45,48H,3-5,7,9-10,15-16,21-23,25,27-29,31,33-44H2,1-2H3. The molecule has 0 rings (SSSR count). The number of aliphatic hydroxyl groups is 1. The zero-order chi connectivity index (χ0) is 37.8. The minimum atomic E-state index is -0.795. The lowest BCUT2D eigenvalue weighted by molar-refractivity contribution is -0.161. The molecule has 0 aliphatic carbocycles. The summed E-state index contributed by atoms with van der Waals surface area (Å²) < 4.78 is 10.6. The van der Waals surface area contributed by atoms with Crippen molar-refractivity contribution in [3.63, 3.8) is 0 Å². The van der Waals surface area contributed by atoms with Crippen LogP contribution in [0.1, 0.15) is 181 Å². The number of carbonyl (C=O) groups excluding carboxylic acids is 2. The summed E-state index contributed by atoms with van der Waals surface area (Å²) in [5.74, 6) is -0.639. The number of unbranched alkanes of at least 4 members (excludes halogenated alkanes) is 15. The van der Waals surface area contributed by atoms with Crippen LogP contribution in [0.25, 0.3) is 0 Å². The maximum atomic E-state index is 12.2. The van der Waals surface area contributed by atoms with Gasteiger partial charge in [-0.15, -0.1) is 0 Å². The Bertz CT molecular complexity index is 999. The summed E-state index contributed by atoms with van der Waals surface area (Å²) in [6.45, 7) is 3.96. The Morgan fingerprint density at radius 3 is 1.27 bits per heavy atom. The maximum Gasteiger partial charge on any atom is 0.306 e. The highest BCUT2D eigenvalue weighted by Crippen LogP contribution is 2.13. The average molecular weight is 723 g/mol. The Morgan fingerprint density at radius 2 is 0.827 bits per heavy atom. The first-order chi connectivity index (χ1) is 25.6. The lowest BCUT2D eigenvalue weighted by Crippen LogP contribution is -2.28. The first-order valence-electron chi connectivity index (χ1n) is 21.1. The number of aliphatic hydroxyl groups excluding tert-OH is 1. The first kappa shape index (κ1) is 49.1. The largest absolute Gasteiger partial charge is 0.462 e. The Labute approximate surface area is 320 Å². The SMILES string of the molecule is CCC=CCC=CCC=CCC=CCC=CCCCCCC(=O)OC(CO)COC(=O)CCCCCCCCCCCC=CCC=CCCCCC. The molecule has 0 amide bonds. The molecule has 0 aromatic heterocycles. The molecule has 1 N–H and O–H groups in total. The summed E-state index contributed by atoms with van der Waals surface area (Å²) in [7, 11) is 0. The van der Waals surface area contributed by atoms with Crippen LogP contribution in [0.4, 0.5) is 0 Å². The van der Waals surface area contributed by atoms with Gasteiger partial charge in [0.2, 0.25) is 0 Å². The maximum absolute atomic E-state index is 12.2. The predicted octanol–water partition coefficient (Wildman–Crippen LogP) is 13.5. The van der Waals surface area contributed by atoms with E-state index in [1.54, 1.807) is 0 Å². The predicted molar refractivity (Wildman–Crippen MR) is 223 cm³/mol. The van der Waals surface area contributed by atoms with Crippen molar-refractivity contribution in [2.24, 2.45) is 0 Å². The minimum absolute atomic E-state index is 0.0862. The van der Waals surface area contributed by atoms with Crippen LogP contribution in [0.3, 0.4) is 0 Å². The second kappa shape index (κ2) is 42.5. The van der Waals surface area contributed by atoms with E-state index in [0.717, 1.165) is 83.5 Å². The van der Waals surface area contributed by atoms with Crippen molar-refractivity contribution in [2.75, 3.05) is 13.2 Å². The number of hydrogen-bond donors (Lipinski definition) is 1. The van der Waals surface area contributed by atoms with E-state index in [1.165, 1.54) is 70.6 Å². The molecule has 0 aliphatic heterocycles. The highest BCUT2D eigenvalue weighted by molar-refractivity contribution is 5.70. The van der Waals surface area contributed by atoms with Crippen LogP contribution in [0.5, 0.6) is 0 Å². The Kier molecular flexibility index (Phi) is 40.1. The zero-order valence-corrected chi connectivity index (χ0v) is 33.5. The van der Waals surface area contributed by atoms with Gasteiger partial charge in [-0.25, -0.2) is 0 Å². The fraction of sp³-hybridized carbons (Fsp3) is 0.660. The molecule has 0 heterocycles. The summed E-state index contributed by atoms with van der Waals surface area (Å²) in [5.41, 5.74) is 0. The molecule has 0 radical (unpaired) electrons. The van der Waals surface area contributed by atoms with E-state index in [0.29, 0.717) is 12.8 Å². The first-order valence-corrected chi connectivity index (χ1v) is 21.1. The Morgan fingerprint density at radius 1 is 0.462 bits per heavy atom. The van der Waals surface area contributed by atoms with Gasteiger partial charge in [-0.3, -0.25) is 9.59 Å². The molecule has 1 atom stereocenters. The topological polar surface area (TPSA) is 72.8 Å². The van der Waals surface area contributed by atoms with Crippen LogP contribution < -0.4 is 0 Å². The van der Waals surface area contributed by atoms with Crippen molar-refractivity contribution in [1.29, 1.82) is 0 Å². The number of rotatable bonds is 37. The molecule has 0 spiro atoms. The molecule has 0 bridgehead atoms. The highest BCUT2D eigenvalue weighted by Gasteiger charge is 2.16. The molecule has 5 nitrogen and oxygen atoms in total. The third kappa shape index (κ3) is 39.9. The molecule has 296 valence electrons. The van der Waals surface area contributed by atoms with Crippen molar-refractivity contribution in [2.45, 2.75) is 187 Å². The summed E-state index contributed by atoms with van der Waals surface area (Å²) in [4.78, 5) is 24.3. The van der Waals surface area contributed by atoms with Gasteiger partial charge in [0, 0.05) is 12.8 Å². The molecular weight excluding hydrogens is 645 g/mol. The summed E-state index contributed by atoms with van der Waals surface area (Å²) in [6, 6.07) is 0. The molecule has 0 aromatic carbocycles. The monoisotopic (exact) mass is 723 g/mol. The van der Waals surface area contributed by atoms with Crippen LogP contribution >= 0.6 is 0 Å². The highest BCUT2D eigenvalue weighted by atomic mass is 16.6.